The highest BCUT2D eigenvalue weighted by molar-refractivity contribution is 7.90. The summed E-state index contributed by atoms with van der Waals surface area (Å²) in [6.45, 7) is 1.78. The molecular weight excluding hydrogens is 216 g/mol. The predicted molar refractivity (Wildman–Crippen MR) is 54.0 cm³/mol. The largest absolute Gasteiger partial charge is 0.347 e. The number of nitrogens with zero attached hydrogens (tertiary/aromatic N) is 2. The van der Waals surface area contributed by atoms with E-state index in [1.54, 1.807) is 13.0 Å². The molecular formula is C8H12N4O2S. The van der Waals surface area contributed by atoms with Crippen LogP contribution in [0.15, 0.2) is 12.5 Å². The normalized spacial score (nSPS) is 13.3. The van der Waals surface area contributed by atoms with Gasteiger partial charge in [-0.15, -0.1) is 0 Å². The SMILES string of the molecule is CCC(C#N)S(=O)(=O)NCc1cnc[nH]1. The van der Waals surface area contributed by atoms with Crippen molar-refractivity contribution in [1.82, 2.24) is 14.7 Å². The number of H-pyrrole nitrogens is 1. The minimum Gasteiger partial charge on any atom is -0.347 e. The van der Waals surface area contributed by atoms with Gasteiger partial charge in [0, 0.05) is 11.9 Å². The second-order valence-corrected chi connectivity index (χ2v) is 4.92. The molecule has 0 fully saturated rings. The van der Waals surface area contributed by atoms with Gasteiger partial charge < -0.3 is 4.98 Å². The van der Waals surface area contributed by atoms with E-state index in [1.165, 1.54) is 12.5 Å². The van der Waals surface area contributed by atoms with E-state index in [2.05, 4.69) is 14.7 Å². The van der Waals surface area contributed by atoms with Crippen molar-refractivity contribution in [1.29, 1.82) is 5.26 Å². The number of imidazole rings is 1. The first-order valence-electron chi connectivity index (χ1n) is 4.45. The summed E-state index contributed by atoms with van der Waals surface area (Å²) in [5, 5.41) is 7.63. The second kappa shape index (κ2) is 4.91. The summed E-state index contributed by atoms with van der Waals surface area (Å²) in [5.74, 6) is 0. The summed E-state index contributed by atoms with van der Waals surface area (Å²) in [5.41, 5.74) is 0.659. The summed E-state index contributed by atoms with van der Waals surface area (Å²) in [4.78, 5) is 6.52. The first kappa shape index (κ1) is 11.7. The average molecular weight is 228 g/mol. The van der Waals surface area contributed by atoms with E-state index < -0.39 is 15.3 Å². The molecule has 82 valence electrons. The number of rotatable bonds is 5. The van der Waals surface area contributed by atoms with Crippen LogP contribution in [0.25, 0.3) is 0 Å². The fourth-order valence-electron chi connectivity index (χ4n) is 1.04. The third-order valence-electron chi connectivity index (χ3n) is 1.91. The number of sulfonamides is 1. The Morgan fingerprint density at radius 2 is 2.47 bits per heavy atom. The number of hydrogen-bond donors (Lipinski definition) is 2. The third kappa shape index (κ3) is 3.04. The first-order valence-corrected chi connectivity index (χ1v) is 6.00. The molecule has 1 heterocycles. The maximum absolute atomic E-state index is 11.5. The lowest BCUT2D eigenvalue weighted by atomic mass is 10.4. The van der Waals surface area contributed by atoms with Crippen LogP contribution in [0.4, 0.5) is 0 Å². The fourth-order valence-corrected chi connectivity index (χ4v) is 2.18. The summed E-state index contributed by atoms with van der Waals surface area (Å²) in [6, 6.07) is 1.75. The van der Waals surface area contributed by atoms with E-state index in [1.807, 2.05) is 0 Å². The monoisotopic (exact) mass is 228 g/mol. The zero-order valence-electron chi connectivity index (χ0n) is 8.27. The zero-order valence-corrected chi connectivity index (χ0v) is 9.08. The van der Waals surface area contributed by atoms with Gasteiger partial charge in [-0.2, -0.15) is 5.26 Å². The molecule has 1 atom stereocenters. The van der Waals surface area contributed by atoms with E-state index >= 15 is 0 Å². The van der Waals surface area contributed by atoms with Gasteiger partial charge in [0.05, 0.1) is 18.9 Å². The Labute approximate surface area is 88.4 Å². The van der Waals surface area contributed by atoms with E-state index in [9.17, 15) is 8.42 Å². The lowest BCUT2D eigenvalue weighted by Crippen LogP contribution is -2.32. The predicted octanol–water partition coefficient (Wildman–Crippen LogP) is 0.131. The molecule has 0 radical (unpaired) electrons. The van der Waals surface area contributed by atoms with Crippen LogP contribution in [0.2, 0.25) is 0 Å². The Kier molecular flexibility index (Phi) is 3.82. The maximum atomic E-state index is 11.5. The molecule has 1 rings (SSSR count). The molecule has 1 aromatic heterocycles. The van der Waals surface area contributed by atoms with Crippen molar-refractivity contribution in [3.63, 3.8) is 0 Å². The van der Waals surface area contributed by atoms with Crippen LogP contribution in [0, 0.1) is 11.3 Å². The van der Waals surface area contributed by atoms with Crippen LogP contribution < -0.4 is 4.72 Å². The van der Waals surface area contributed by atoms with Crippen LogP contribution >= 0.6 is 0 Å². The van der Waals surface area contributed by atoms with E-state index in [4.69, 9.17) is 5.26 Å². The van der Waals surface area contributed by atoms with Crippen molar-refractivity contribution in [3.8, 4) is 6.07 Å². The molecule has 15 heavy (non-hydrogen) atoms. The van der Waals surface area contributed by atoms with Gasteiger partial charge in [-0.3, -0.25) is 0 Å². The summed E-state index contributed by atoms with van der Waals surface area (Å²) >= 11 is 0. The van der Waals surface area contributed by atoms with Crippen molar-refractivity contribution < 1.29 is 8.42 Å². The van der Waals surface area contributed by atoms with Crippen LogP contribution in [0.5, 0.6) is 0 Å². The van der Waals surface area contributed by atoms with Gasteiger partial charge >= 0.3 is 0 Å². The molecule has 0 saturated carbocycles. The van der Waals surface area contributed by atoms with Gasteiger partial charge in [-0.25, -0.2) is 18.1 Å². The van der Waals surface area contributed by atoms with Gasteiger partial charge in [0.1, 0.15) is 0 Å². The van der Waals surface area contributed by atoms with Crippen LogP contribution in [-0.2, 0) is 16.6 Å². The molecule has 0 bridgehead atoms. The molecule has 1 unspecified atom stereocenters. The van der Waals surface area contributed by atoms with Crippen LogP contribution in [0.3, 0.4) is 0 Å². The minimum atomic E-state index is -3.56. The molecule has 6 nitrogen and oxygen atoms in total. The van der Waals surface area contributed by atoms with Crippen LogP contribution in [0.1, 0.15) is 19.0 Å². The van der Waals surface area contributed by atoms with Crippen molar-refractivity contribution in [3.05, 3.63) is 18.2 Å². The average Bonchev–Trinajstić information content (AvgIpc) is 2.69. The summed E-state index contributed by atoms with van der Waals surface area (Å²) in [6.07, 6.45) is 3.26. The number of aromatic nitrogens is 2. The number of hydrogen-bond acceptors (Lipinski definition) is 4. The Bertz CT molecular complexity index is 432. The van der Waals surface area contributed by atoms with Crippen molar-refractivity contribution in [2.75, 3.05) is 0 Å². The molecule has 0 aliphatic rings. The molecule has 0 aliphatic carbocycles. The Morgan fingerprint density at radius 3 is 2.93 bits per heavy atom. The van der Waals surface area contributed by atoms with Crippen molar-refractivity contribution >= 4 is 10.0 Å². The zero-order chi connectivity index (χ0) is 11.3. The van der Waals surface area contributed by atoms with Crippen LogP contribution in [-0.4, -0.2) is 23.6 Å². The highest BCUT2D eigenvalue weighted by atomic mass is 32.2. The fraction of sp³-hybridized carbons (Fsp3) is 0.500. The lowest BCUT2D eigenvalue weighted by Gasteiger charge is -2.08. The molecule has 1 aromatic rings. The minimum absolute atomic E-state index is 0.126. The molecule has 0 spiro atoms. The molecule has 0 amide bonds. The molecule has 2 N–H and O–H groups in total. The first-order chi connectivity index (χ1) is 7.10. The van der Waals surface area contributed by atoms with E-state index in [0.29, 0.717) is 5.69 Å². The number of nitrogens with one attached hydrogen (secondary N) is 2. The highest BCUT2D eigenvalue weighted by Crippen LogP contribution is 2.03. The van der Waals surface area contributed by atoms with E-state index in [-0.39, 0.29) is 13.0 Å². The summed E-state index contributed by atoms with van der Waals surface area (Å²) < 4.78 is 25.4. The van der Waals surface area contributed by atoms with E-state index in [0.717, 1.165) is 0 Å². The van der Waals surface area contributed by atoms with Gasteiger partial charge in [0.25, 0.3) is 0 Å². The molecule has 7 heteroatoms. The van der Waals surface area contributed by atoms with Crippen molar-refractivity contribution in [2.24, 2.45) is 0 Å². The Balaban J connectivity index is 2.62. The Morgan fingerprint density at radius 1 is 1.73 bits per heavy atom. The van der Waals surface area contributed by atoms with Gasteiger partial charge in [-0.1, -0.05) is 6.92 Å². The molecule has 0 aromatic carbocycles. The second-order valence-electron chi connectivity index (χ2n) is 2.97. The maximum Gasteiger partial charge on any atom is 0.228 e. The standard InChI is InChI=1S/C8H12N4O2S/c1-2-8(3-9)15(13,14)12-5-7-4-10-6-11-7/h4,6,8,12H,2,5H2,1H3,(H,10,11). The molecule has 0 saturated heterocycles. The number of aromatic amines is 1. The Hall–Kier alpha value is -1.39. The third-order valence-corrected chi connectivity index (χ3v) is 3.64. The van der Waals surface area contributed by atoms with Gasteiger partial charge in [-0.05, 0) is 6.42 Å². The molecule has 0 aliphatic heterocycles. The summed E-state index contributed by atoms with van der Waals surface area (Å²) in [7, 11) is -3.56. The smallest absolute Gasteiger partial charge is 0.228 e. The lowest BCUT2D eigenvalue weighted by molar-refractivity contribution is 0.571. The topological polar surface area (TPSA) is 98.6 Å². The highest BCUT2D eigenvalue weighted by Gasteiger charge is 2.22. The quantitative estimate of drug-likeness (QED) is 0.748. The van der Waals surface area contributed by atoms with Gasteiger partial charge in [0.15, 0.2) is 5.25 Å². The van der Waals surface area contributed by atoms with Gasteiger partial charge in [0.2, 0.25) is 10.0 Å². The van der Waals surface area contributed by atoms with Crippen molar-refractivity contribution in [2.45, 2.75) is 25.1 Å². The number of nitriles is 1.